The monoisotopic (exact) mass is 272 g/mol. The van der Waals surface area contributed by atoms with E-state index >= 15 is 0 Å². The molecule has 18 heavy (non-hydrogen) atoms. The summed E-state index contributed by atoms with van der Waals surface area (Å²) in [6.07, 6.45) is -2.39. The summed E-state index contributed by atoms with van der Waals surface area (Å²) in [7, 11) is 0. The molecule has 0 aliphatic carbocycles. The Labute approximate surface area is 106 Å². The van der Waals surface area contributed by atoms with E-state index in [1.165, 1.54) is 4.88 Å². The maximum Gasteiger partial charge on any atom is 0.416 e. The highest BCUT2D eigenvalue weighted by Gasteiger charge is 2.30. The van der Waals surface area contributed by atoms with Crippen molar-refractivity contribution in [1.82, 2.24) is 4.98 Å². The van der Waals surface area contributed by atoms with Crippen molar-refractivity contribution in [3.8, 4) is 0 Å². The van der Waals surface area contributed by atoms with Crippen LogP contribution >= 0.6 is 11.3 Å². The zero-order chi connectivity index (χ0) is 13.0. The zero-order valence-electron chi connectivity index (χ0n) is 9.37. The van der Waals surface area contributed by atoms with Crippen molar-refractivity contribution >= 4 is 17.2 Å². The first kappa shape index (κ1) is 12.9. The molecule has 0 bridgehead atoms. The van der Waals surface area contributed by atoms with E-state index in [-0.39, 0.29) is 5.82 Å². The van der Waals surface area contributed by atoms with Gasteiger partial charge in [0.25, 0.3) is 0 Å². The molecular weight excluding hydrogens is 261 g/mol. The number of anilines is 1. The number of rotatable bonds is 4. The van der Waals surface area contributed by atoms with Gasteiger partial charge in [-0.05, 0) is 30.0 Å². The Morgan fingerprint density at radius 1 is 1.28 bits per heavy atom. The molecule has 0 fully saturated rings. The van der Waals surface area contributed by atoms with Crippen LogP contribution < -0.4 is 5.32 Å². The van der Waals surface area contributed by atoms with Gasteiger partial charge in [0.1, 0.15) is 5.82 Å². The Balaban J connectivity index is 1.93. The van der Waals surface area contributed by atoms with Crippen LogP contribution in [0, 0.1) is 0 Å². The molecule has 0 amide bonds. The molecule has 1 N–H and O–H groups in total. The molecule has 0 aromatic carbocycles. The number of nitrogens with one attached hydrogen (secondary N) is 1. The summed E-state index contributed by atoms with van der Waals surface area (Å²) < 4.78 is 37.4. The van der Waals surface area contributed by atoms with Gasteiger partial charge in [0.2, 0.25) is 0 Å². The summed E-state index contributed by atoms with van der Waals surface area (Å²) >= 11 is 1.63. The van der Waals surface area contributed by atoms with E-state index in [4.69, 9.17) is 0 Å². The average Bonchev–Trinajstić information content (AvgIpc) is 2.81. The molecule has 0 spiro atoms. The Bertz CT molecular complexity index is 494. The number of halogens is 3. The van der Waals surface area contributed by atoms with Gasteiger partial charge >= 0.3 is 6.18 Å². The Hall–Kier alpha value is -1.56. The fraction of sp³-hybridized carbons (Fsp3) is 0.250. The maximum atomic E-state index is 12.5. The largest absolute Gasteiger partial charge is 0.416 e. The van der Waals surface area contributed by atoms with Gasteiger partial charge in [0, 0.05) is 17.6 Å². The van der Waals surface area contributed by atoms with Crippen LogP contribution in [0.3, 0.4) is 0 Å². The summed E-state index contributed by atoms with van der Waals surface area (Å²) in [5.41, 5.74) is -0.684. The summed E-state index contributed by atoms with van der Waals surface area (Å²) in [4.78, 5) is 5.05. The molecule has 0 radical (unpaired) electrons. The molecule has 0 atom stereocenters. The molecule has 0 saturated carbocycles. The van der Waals surface area contributed by atoms with E-state index in [0.29, 0.717) is 6.54 Å². The van der Waals surface area contributed by atoms with Crippen LogP contribution in [0.5, 0.6) is 0 Å². The standard InChI is InChI=1S/C12H11F3N2S/c13-12(14,15)9-3-5-16-11(8-9)17-6-4-10-2-1-7-18-10/h1-3,5,7-8H,4,6H2,(H,16,17). The first-order valence-corrected chi connectivity index (χ1v) is 6.23. The third-order valence-corrected chi connectivity index (χ3v) is 3.28. The highest BCUT2D eigenvalue weighted by molar-refractivity contribution is 7.09. The molecule has 2 nitrogen and oxygen atoms in total. The second-order valence-electron chi connectivity index (χ2n) is 3.68. The van der Waals surface area contributed by atoms with Crippen molar-refractivity contribution in [3.05, 3.63) is 46.3 Å². The zero-order valence-corrected chi connectivity index (χ0v) is 10.2. The summed E-state index contributed by atoms with van der Waals surface area (Å²) in [5, 5.41) is 4.86. The van der Waals surface area contributed by atoms with Crippen molar-refractivity contribution < 1.29 is 13.2 Å². The van der Waals surface area contributed by atoms with Crippen LogP contribution in [0.25, 0.3) is 0 Å². The smallest absolute Gasteiger partial charge is 0.370 e. The maximum absolute atomic E-state index is 12.5. The van der Waals surface area contributed by atoms with Gasteiger partial charge in [0.05, 0.1) is 5.56 Å². The lowest BCUT2D eigenvalue weighted by molar-refractivity contribution is -0.137. The number of alkyl halides is 3. The number of nitrogens with zero attached hydrogens (tertiary/aromatic N) is 1. The lowest BCUT2D eigenvalue weighted by atomic mass is 10.2. The normalized spacial score (nSPS) is 11.5. The molecule has 6 heteroatoms. The SMILES string of the molecule is FC(F)(F)c1ccnc(NCCc2cccs2)c1. The van der Waals surface area contributed by atoms with Crippen molar-refractivity contribution in [3.63, 3.8) is 0 Å². The minimum atomic E-state index is -4.33. The van der Waals surface area contributed by atoms with E-state index in [9.17, 15) is 13.2 Å². The van der Waals surface area contributed by atoms with Gasteiger partial charge in [-0.2, -0.15) is 13.2 Å². The van der Waals surface area contributed by atoms with Gasteiger partial charge in [-0.1, -0.05) is 6.07 Å². The molecule has 0 saturated heterocycles. The van der Waals surface area contributed by atoms with Crippen molar-refractivity contribution in [2.24, 2.45) is 0 Å². The van der Waals surface area contributed by atoms with Crippen LogP contribution in [-0.4, -0.2) is 11.5 Å². The van der Waals surface area contributed by atoms with E-state index in [1.54, 1.807) is 11.3 Å². The molecule has 2 aromatic heterocycles. The molecule has 96 valence electrons. The van der Waals surface area contributed by atoms with Crippen LogP contribution in [-0.2, 0) is 12.6 Å². The summed E-state index contributed by atoms with van der Waals surface area (Å²) in [6, 6.07) is 5.92. The number of hydrogen-bond acceptors (Lipinski definition) is 3. The Morgan fingerprint density at radius 3 is 2.78 bits per heavy atom. The quantitative estimate of drug-likeness (QED) is 0.915. The van der Waals surface area contributed by atoms with E-state index in [1.807, 2.05) is 17.5 Å². The first-order chi connectivity index (χ1) is 8.55. The molecule has 2 heterocycles. The van der Waals surface area contributed by atoms with Gasteiger partial charge < -0.3 is 5.32 Å². The highest BCUT2D eigenvalue weighted by Crippen LogP contribution is 2.29. The second kappa shape index (κ2) is 5.39. The van der Waals surface area contributed by atoms with Crippen LogP contribution in [0.4, 0.5) is 19.0 Å². The van der Waals surface area contributed by atoms with E-state index in [0.717, 1.165) is 24.8 Å². The van der Waals surface area contributed by atoms with Crippen LogP contribution in [0.15, 0.2) is 35.8 Å². The molecule has 0 aliphatic heterocycles. The topological polar surface area (TPSA) is 24.9 Å². The van der Waals surface area contributed by atoms with Crippen molar-refractivity contribution in [2.75, 3.05) is 11.9 Å². The molecule has 0 unspecified atom stereocenters. The van der Waals surface area contributed by atoms with Crippen molar-refractivity contribution in [1.29, 1.82) is 0 Å². The third kappa shape index (κ3) is 3.46. The fourth-order valence-electron chi connectivity index (χ4n) is 1.47. The third-order valence-electron chi connectivity index (χ3n) is 2.34. The predicted molar refractivity (Wildman–Crippen MR) is 65.8 cm³/mol. The Morgan fingerprint density at radius 2 is 2.11 bits per heavy atom. The number of aromatic nitrogens is 1. The first-order valence-electron chi connectivity index (χ1n) is 5.35. The highest BCUT2D eigenvalue weighted by atomic mass is 32.1. The lowest BCUT2D eigenvalue weighted by Crippen LogP contribution is -2.09. The van der Waals surface area contributed by atoms with Crippen molar-refractivity contribution in [2.45, 2.75) is 12.6 Å². The minimum absolute atomic E-state index is 0.251. The molecular formula is C12H11F3N2S. The Kier molecular flexibility index (Phi) is 3.86. The lowest BCUT2D eigenvalue weighted by Gasteiger charge is -2.09. The number of hydrogen-bond donors (Lipinski definition) is 1. The van der Waals surface area contributed by atoms with Crippen LogP contribution in [0.1, 0.15) is 10.4 Å². The molecule has 2 rings (SSSR count). The van der Waals surface area contributed by atoms with Gasteiger partial charge in [-0.15, -0.1) is 11.3 Å². The number of pyridine rings is 1. The fourth-order valence-corrected chi connectivity index (χ4v) is 2.18. The van der Waals surface area contributed by atoms with Gasteiger partial charge in [0.15, 0.2) is 0 Å². The van der Waals surface area contributed by atoms with E-state index < -0.39 is 11.7 Å². The molecule has 0 aliphatic rings. The van der Waals surface area contributed by atoms with Gasteiger partial charge in [-0.25, -0.2) is 4.98 Å². The number of thiophene rings is 1. The summed E-state index contributed by atoms with van der Waals surface area (Å²) in [5.74, 6) is 0.251. The second-order valence-corrected chi connectivity index (χ2v) is 4.72. The average molecular weight is 272 g/mol. The predicted octanol–water partition coefficient (Wildman–Crippen LogP) is 3.82. The van der Waals surface area contributed by atoms with E-state index in [2.05, 4.69) is 10.3 Å². The summed E-state index contributed by atoms with van der Waals surface area (Å²) in [6.45, 7) is 0.564. The minimum Gasteiger partial charge on any atom is -0.370 e. The molecule has 2 aromatic rings. The van der Waals surface area contributed by atoms with Crippen LogP contribution in [0.2, 0.25) is 0 Å². The van der Waals surface area contributed by atoms with Gasteiger partial charge in [-0.3, -0.25) is 0 Å².